The Balaban J connectivity index is 2.85. The maximum absolute atomic E-state index is 6.79. The van der Waals surface area contributed by atoms with E-state index < -0.39 is 0 Å². The molecule has 3 aromatic carbocycles. The zero-order chi connectivity index (χ0) is 37.2. The van der Waals surface area contributed by atoms with Gasteiger partial charge in [-0.25, -0.2) is 0 Å². The molecule has 3 nitrogen and oxygen atoms in total. The third-order valence-electron chi connectivity index (χ3n) is 9.70. The normalized spacial score (nSPS) is 12.9. The van der Waals surface area contributed by atoms with Crippen molar-refractivity contribution in [3.63, 3.8) is 0 Å². The molecule has 0 saturated carbocycles. The van der Waals surface area contributed by atoms with E-state index in [0.29, 0.717) is 19.8 Å². The first kappa shape index (κ1) is 40.5. The third kappa shape index (κ3) is 9.05. The summed E-state index contributed by atoms with van der Waals surface area (Å²) in [5, 5.41) is 0. The molecular weight excluding hydrogens is 601 g/mol. The predicted octanol–water partition coefficient (Wildman–Crippen LogP) is 13.3. The molecule has 0 heterocycles. The number of rotatable bonds is 12. The zero-order valence-electron chi connectivity index (χ0n) is 34.6. The van der Waals surface area contributed by atoms with Gasteiger partial charge in [-0.2, -0.15) is 0 Å². The van der Waals surface area contributed by atoms with Gasteiger partial charge in [0.25, 0.3) is 0 Å². The van der Waals surface area contributed by atoms with Gasteiger partial charge in [0.05, 0.1) is 19.8 Å². The van der Waals surface area contributed by atoms with Crippen LogP contribution in [0.5, 0.6) is 17.2 Å². The number of benzene rings is 3. The van der Waals surface area contributed by atoms with Gasteiger partial charge in [0.1, 0.15) is 17.2 Å². The number of hydrogen-bond acceptors (Lipinski definition) is 3. The molecule has 3 rings (SSSR count). The molecule has 0 radical (unpaired) electrons. The van der Waals surface area contributed by atoms with Crippen LogP contribution in [0.15, 0.2) is 36.4 Å². The van der Waals surface area contributed by atoms with Crippen molar-refractivity contribution < 1.29 is 14.2 Å². The fourth-order valence-corrected chi connectivity index (χ4v) is 6.69. The summed E-state index contributed by atoms with van der Waals surface area (Å²) >= 11 is 0. The third-order valence-corrected chi connectivity index (χ3v) is 9.70. The summed E-state index contributed by atoms with van der Waals surface area (Å²) in [5.41, 5.74) is 11.0. The second kappa shape index (κ2) is 15.5. The Kier molecular flexibility index (Phi) is 12.8. The van der Waals surface area contributed by atoms with Crippen molar-refractivity contribution in [1.29, 1.82) is 0 Å². The van der Waals surface area contributed by atoms with E-state index in [4.69, 9.17) is 14.2 Å². The van der Waals surface area contributed by atoms with Gasteiger partial charge in [-0.15, -0.1) is 0 Å². The van der Waals surface area contributed by atoms with Gasteiger partial charge in [0.2, 0.25) is 0 Å². The van der Waals surface area contributed by atoms with Gasteiger partial charge < -0.3 is 14.2 Å². The van der Waals surface area contributed by atoms with Crippen LogP contribution in [-0.4, -0.2) is 19.8 Å². The van der Waals surface area contributed by atoms with E-state index in [9.17, 15) is 0 Å². The van der Waals surface area contributed by atoms with E-state index >= 15 is 0 Å². The molecule has 0 aliphatic rings. The van der Waals surface area contributed by atoms with Crippen LogP contribution >= 0.6 is 0 Å². The van der Waals surface area contributed by atoms with Crippen LogP contribution in [0, 0.1) is 0 Å². The molecular formula is C46H70O3. The molecule has 3 aromatic rings. The lowest BCUT2D eigenvalue weighted by atomic mass is 9.73. The lowest BCUT2D eigenvalue weighted by Gasteiger charge is -2.34. The maximum atomic E-state index is 6.79. The van der Waals surface area contributed by atoms with Gasteiger partial charge in [-0.1, -0.05) is 140 Å². The minimum absolute atomic E-state index is 0.0636. The molecule has 0 fully saturated rings. The highest BCUT2D eigenvalue weighted by atomic mass is 16.5. The molecule has 0 unspecified atom stereocenters. The van der Waals surface area contributed by atoms with Crippen molar-refractivity contribution >= 4 is 0 Å². The van der Waals surface area contributed by atoms with Crippen LogP contribution < -0.4 is 14.2 Å². The summed E-state index contributed by atoms with van der Waals surface area (Å²) in [6.07, 6.45) is 0. The summed E-state index contributed by atoms with van der Waals surface area (Å²) in [7, 11) is 0. The highest BCUT2D eigenvalue weighted by Gasteiger charge is 2.35. The summed E-state index contributed by atoms with van der Waals surface area (Å²) in [6.45, 7) is 42.6. The number of ether oxygens (including phenoxy) is 3. The Morgan fingerprint density at radius 3 is 0.755 bits per heavy atom. The fourth-order valence-electron chi connectivity index (χ4n) is 6.69. The molecule has 0 spiro atoms. The maximum Gasteiger partial charge on any atom is 0.126 e. The van der Waals surface area contributed by atoms with Gasteiger partial charge in [0, 0.05) is 22.6 Å². The first-order valence-corrected chi connectivity index (χ1v) is 19.0. The minimum Gasteiger partial charge on any atom is -0.493 e. The van der Waals surface area contributed by atoms with Gasteiger partial charge >= 0.3 is 0 Å². The summed E-state index contributed by atoms with van der Waals surface area (Å²) < 4.78 is 20.4. The van der Waals surface area contributed by atoms with E-state index in [0.717, 1.165) is 17.2 Å². The van der Waals surface area contributed by atoms with Gasteiger partial charge in [-0.05, 0) is 88.2 Å². The van der Waals surface area contributed by atoms with Crippen LogP contribution in [0.4, 0.5) is 0 Å². The molecule has 0 amide bonds. The van der Waals surface area contributed by atoms with Crippen molar-refractivity contribution in [3.8, 4) is 17.2 Å². The Morgan fingerprint density at radius 1 is 0.388 bits per heavy atom. The second-order valence-corrected chi connectivity index (χ2v) is 17.9. The summed E-state index contributed by atoms with van der Waals surface area (Å²) in [5.74, 6) is 3.59. The van der Waals surface area contributed by atoms with E-state index in [1.807, 2.05) is 0 Å². The molecule has 0 aliphatic carbocycles. The van der Waals surface area contributed by atoms with Gasteiger partial charge in [-0.3, -0.25) is 0 Å². The van der Waals surface area contributed by atoms with Crippen LogP contribution in [-0.2, 0) is 16.2 Å². The first-order valence-electron chi connectivity index (χ1n) is 19.0. The molecule has 0 N–H and O–H groups in total. The topological polar surface area (TPSA) is 27.7 Å². The van der Waals surface area contributed by atoms with Crippen molar-refractivity contribution in [3.05, 3.63) is 86.5 Å². The Hall–Kier alpha value is -2.94. The molecule has 0 aromatic heterocycles. The lowest BCUT2D eigenvalue weighted by Crippen LogP contribution is -2.20. The van der Waals surface area contributed by atoms with Crippen molar-refractivity contribution in [1.82, 2.24) is 0 Å². The minimum atomic E-state index is -0.205. The van der Waals surface area contributed by atoms with Crippen molar-refractivity contribution in [2.45, 2.75) is 165 Å². The standard InChI is InChI=1S/C46H70O3/c1-19-47-41-34(28(4)5)22-31(44(10,11)12)25-37(41)40(38-26-32(45(13,14)15)23-35(29(6)7)42(38)48-20-2)39-27-33(46(16,17)18)24-36(30(8)9)43(39)49-21-3/h22-30,40H,19-21H2,1-18H3. The summed E-state index contributed by atoms with van der Waals surface area (Å²) in [6, 6.07) is 14.5. The first-order chi connectivity index (χ1) is 22.6. The fraction of sp³-hybridized carbons (Fsp3) is 0.609. The van der Waals surface area contributed by atoms with Crippen LogP contribution in [0.25, 0.3) is 0 Å². The Labute approximate surface area is 301 Å². The molecule has 0 aliphatic heterocycles. The number of hydrogen-bond donors (Lipinski definition) is 0. The molecule has 49 heavy (non-hydrogen) atoms. The van der Waals surface area contributed by atoms with Crippen molar-refractivity contribution in [2.75, 3.05) is 19.8 Å². The molecule has 0 bridgehead atoms. The SMILES string of the molecule is CCOc1c(C(C)C)cc(C(C)(C)C)cc1C(c1cc(C(C)(C)C)cc(C(C)C)c1OCC)c1cc(C(C)(C)C)cc(C(C)C)c1OCC. The van der Waals surface area contributed by atoms with E-state index in [1.54, 1.807) is 0 Å². The average molecular weight is 671 g/mol. The highest BCUT2D eigenvalue weighted by Crippen LogP contribution is 2.52. The van der Waals surface area contributed by atoms with E-state index in [2.05, 4.69) is 161 Å². The van der Waals surface area contributed by atoms with Crippen LogP contribution in [0.3, 0.4) is 0 Å². The van der Waals surface area contributed by atoms with Crippen LogP contribution in [0.2, 0.25) is 0 Å². The zero-order valence-corrected chi connectivity index (χ0v) is 34.6. The Morgan fingerprint density at radius 2 is 0.592 bits per heavy atom. The highest BCUT2D eigenvalue weighted by molar-refractivity contribution is 5.64. The summed E-state index contributed by atoms with van der Waals surface area (Å²) in [4.78, 5) is 0. The quantitative estimate of drug-likeness (QED) is 0.180. The predicted molar refractivity (Wildman–Crippen MR) is 212 cm³/mol. The second-order valence-electron chi connectivity index (χ2n) is 17.9. The Bertz CT molecular complexity index is 1380. The molecule has 3 heteroatoms. The monoisotopic (exact) mass is 671 g/mol. The average Bonchev–Trinajstić information content (AvgIpc) is 2.97. The van der Waals surface area contributed by atoms with Gasteiger partial charge in [0.15, 0.2) is 0 Å². The van der Waals surface area contributed by atoms with Crippen LogP contribution in [0.1, 0.15) is 198 Å². The lowest BCUT2D eigenvalue weighted by molar-refractivity contribution is 0.321. The molecule has 272 valence electrons. The van der Waals surface area contributed by atoms with E-state index in [-0.39, 0.29) is 39.9 Å². The molecule has 0 saturated heterocycles. The van der Waals surface area contributed by atoms with Crippen molar-refractivity contribution in [2.24, 2.45) is 0 Å². The smallest absolute Gasteiger partial charge is 0.126 e. The molecule has 0 atom stereocenters. The largest absolute Gasteiger partial charge is 0.493 e. The van der Waals surface area contributed by atoms with E-state index in [1.165, 1.54) is 50.1 Å².